The first-order valence-corrected chi connectivity index (χ1v) is 6.19. The molecule has 82 valence electrons. The third-order valence-electron chi connectivity index (χ3n) is 4.09. The Balaban J connectivity index is 2.14. The van der Waals surface area contributed by atoms with Gasteiger partial charge in [0.05, 0.1) is 12.2 Å². The lowest BCUT2D eigenvalue weighted by molar-refractivity contribution is -0.0312. The molecule has 1 heterocycles. The van der Waals surface area contributed by atoms with Crippen molar-refractivity contribution >= 4 is 0 Å². The summed E-state index contributed by atoms with van der Waals surface area (Å²) >= 11 is 0. The van der Waals surface area contributed by atoms with Gasteiger partial charge in [0, 0.05) is 0 Å². The molecule has 1 heteroatoms. The maximum atomic E-state index is 6.25. The van der Waals surface area contributed by atoms with Crippen molar-refractivity contribution in [3.05, 3.63) is 0 Å². The molecule has 0 aromatic heterocycles. The number of hydrogen-bond acceptors (Lipinski definition) is 1. The van der Waals surface area contributed by atoms with Gasteiger partial charge in [0.2, 0.25) is 0 Å². The Labute approximate surface area is 88.2 Å². The van der Waals surface area contributed by atoms with E-state index in [0.717, 1.165) is 11.8 Å². The van der Waals surface area contributed by atoms with Crippen LogP contribution in [0.5, 0.6) is 0 Å². The highest BCUT2D eigenvalue weighted by molar-refractivity contribution is 4.97. The summed E-state index contributed by atoms with van der Waals surface area (Å²) in [6, 6.07) is 0. The molecule has 0 amide bonds. The Bertz CT molecular complexity index is 204. The van der Waals surface area contributed by atoms with Crippen molar-refractivity contribution in [2.24, 2.45) is 17.3 Å². The Kier molecular flexibility index (Phi) is 2.63. The van der Waals surface area contributed by atoms with E-state index in [0.29, 0.717) is 17.6 Å². The Morgan fingerprint density at radius 2 is 1.93 bits per heavy atom. The van der Waals surface area contributed by atoms with Crippen molar-refractivity contribution in [3.8, 4) is 0 Å². The maximum absolute atomic E-state index is 6.25. The van der Waals surface area contributed by atoms with Gasteiger partial charge in [0.25, 0.3) is 0 Å². The molecule has 0 N–H and O–H groups in total. The number of fused-ring (bicyclic) bond motifs is 1. The lowest BCUT2D eigenvalue weighted by Crippen LogP contribution is -2.33. The summed E-state index contributed by atoms with van der Waals surface area (Å²) in [6.45, 7) is 9.29. The minimum atomic E-state index is 0.324. The van der Waals surface area contributed by atoms with Gasteiger partial charge in [-0.05, 0) is 30.1 Å². The molecule has 0 spiro atoms. The molecule has 0 bridgehead atoms. The fourth-order valence-electron chi connectivity index (χ4n) is 3.49. The topological polar surface area (TPSA) is 9.23 Å². The van der Waals surface area contributed by atoms with E-state index in [1.807, 2.05) is 0 Å². The van der Waals surface area contributed by atoms with Crippen LogP contribution in [0.1, 0.15) is 53.4 Å². The van der Waals surface area contributed by atoms with Crippen molar-refractivity contribution in [1.82, 2.24) is 0 Å². The second-order valence-electron chi connectivity index (χ2n) is 6.13. The maximum Gasteiger partial charge on any atom is 0.0658 e. The lowest BCUT2D eigenvalue weighted by atomic mass is 9.76. The summed E-state index contributed by atoms with van der Waals surface area (Å²) in [5.74, 6) is 1.70. The predicted molar refractivity (Wildman–Crippen MR) is 59.2 cm³/mol. The van der Waals surface area contributed by atoms with Crippen LogP contribution in [0.2, 0.25) is 0 Å². The van der Waals surface area contributed by atoms with E-state index in [1.54, 1.807) is 0 Å². The van der Waals surface area contributed by atoms with E-state index in [-0.39, 0.29) is 0 Å². The molecular weight excluding hydrogens is 172 g/mol. The van der Waals surface area contributed by atoms with Gasteiger partial charge in [0.1, 0.15) is 0 Å². The zero-order valence-corrected chi connectivity index (χ0v) is 10.0. The number of hydrogen-bond donors (Lipinski definition) is 0. The van der Waals surface area contributed by atoms with Crippen molar-refractivity contribution in [2.45, 2.75) is 65.6 Å². The van der Waals surface area contributed by atoms with E-state index in [4.69, 9.17) is 4.74 Å². The van der Waals surface area contributed by atoms with E-state index in [9.17, 15) is 0 Å². The van der Waals surface area contributed by atoms with Gasteiger partial charge in [-0.1, -0.05) is 40.5 Å². The van der Waals surface area contributed by atoms with Crippen molar-refractivity contribution in [1.29, 1.82) is 0 Å². The summed E-state index contributed by atoms with van der Waals surface area (Å²) in [4.78, 5) is 0. The van der Waals surface area contributed by atoms with Crippen LogP contribution in [0.15, 0.2) is 0 Å². The van der Waals surface area contributed by atoms with Crippen LogP contribution < -0.4 is 0 Å². The monoisotopic (exact) mass is 196 g/mol. The van der Waals surface area contributed by atoms with Crippen LogP contribution >= 0.6 is 0 Å². The molecule has 0 radical (unpaired) electrons. The largest absolute Gasteiger partial charge is 0.374 e. The Morgan fingerprint density at radius 3 is 2.50 bits per heavy atom. The molecule has 0 aromatic carbocycles. The summed E-state index contributed by atoms with van der Waals surface area (Å²) in [6.07, 6.45) is 6.52. The smallest absolute Gasteiger partial charge is 0.0658 e. The SMILES string of the molecule is CCC1C2CCCC2OC1C(C)(C)C. The molecule has 1 saturated carbocycles. The van der Waals surface area contributed by atoms with Crippen LogP contribution in [0.3, 0.4) is 0 Å². The van der Waals surface area contributed by atoms with Crippen LogP contribution in [-0.4, -0.2) is 12.2 Å². The molecule has 2 rings (SSSR count). The highest BCUT2D eigenvalue weighted by atomic mass is 16.5. The average molecular weight is 196 g/mol. The average Bonchev–Trinajstić information content (AvgIpc) is 2.58. The van der Waals surface area contributed by atoms with Gasteiger partial charge < -0.3 is 4.74 Å². The lowest BCUT2D eigenvalue weighted by Gasteiger charge is -2.32. The first-order valence-electron chi connectivity index (χ1n) is 6.19. The quantitative estimate of drug-likeness (QED) is 0.622. The zero-order chi connectivity index (χ0) is 10.3. The highest BCUT2D eigenvalue weighted by Gasteiger charge is 2.49. The van der Waals surface area contributed by atoms with E-state index in [2.05, 4.69) is 27.7 Å². The van der Waals surface area contributed by atoms with Crippen molar-refractivity contribution in [2.75, 3.05) is 0 Å². The van der Waals surface area contributed by atoms with Crippen molar-refractivity contribution in [3.63, 3.8) is 0 Å². The van der Waals surface area contributed by atoms with E-state index < -0.39 is 0 Å². The van der Waals surface area contributed by atoms with E-state index >= 15 is 0 Å². The molecular formula is C13H24O. The highest BCUT2D eigenvalue weighted by Crippen LogP contribution is 2.49. The van der Waals surface area contributed by atoms with Gasteiger partial charge in [-0.15, -0.1) is 0 Å². The third-order valence-corrected chi connectivity index (χ3v) is 4.09. The minimum Gasteiger partial charge on any atom is -0.374 e. The summed E-state index contributed by atoms with van der Waals surface area (Å²) in [5.41, 5.74) is 0.324. The molecule has 1 aliphatic heterocycles. The Morgan fingerprint density at radius 1 is 1.21 bits per heavy atom. The third kappa shape index (κ3) is 1.60. The molecule has 4 unspecified atom stereocenters. The second kappa shape index (κ2) is 3.52. The summed E-state index contributed by atoms with van der Waals surface area (Å²) < 4.78 is 6.25. The second-order valence-corrected chi connectivity index (χ2v) is 6.13. The molecule has 1 saturated heterocycles. The van der Waals surface area contributed by atoms with Gasteiger partial charge in [0.15, 0.2) is 0 Å². The first-order chi connectivity index (χ1) is 6.54. The predicted octanol–water partition coefficient (Wildman–Crippen LogP) is 3.63. The Hall–Kier alpha value is -0.0400. The standard InChI is InChI=1S/C13H24O/c1-5-9-10-7-6-8-11(10)14-12(9)13(2,3)4/h9-12H,5-8H2,1-4H3. The summed E-state index contributed by atoms with van der Waals surface area (Å²) in [7, 11) is 0. The number of ether oxygens (including phenoxy) is 1. The van der Waals surface area contributed by atoms with E-state index in [1.165, 1.54) is 25.7 Å². The van der Waals surface area contributed by atoms with Crippen LogP contribution in [0.4, 0.5) is 0 Å². The molecule has 14 heavy (non-hydrogen) atoms. The fraction of sp³-hybridized carbons (Fsp3) is 1.00. The molecule has 2 fully saturated rings. The first kappa shape index (κ1) is 10.5. The minimum absolute atomic E-state index is 0.324. The van der Waals surface area contributed by atoms with Crippen LogP contribution in [0, 0.1) is 17.3 Å². The van der Waals surface area contributed by atoms with Gasteiger partial charge in [-0.2, -0.15) is 0 Å². The van der Waals surface area contributed by atoms with Gasteiger partial charge in [-0.25, -0.2) is 0 Å². The van der Waals surface area contributed by atoms with Crippen LogP contribution in [-0.2, 0) is 4.74 Å². The molecule has 1 aliphatic carbocycles. The summed E-state index contributed by atoms with van der Waals surface area (Å²) in [5, 5.41) is 0. The number of rotatable bonds is 1. The molecule has 2 aliphatic rings. The van der Waals surface area contributed by atoms with Crippen molar-refractivity contribution < 1.29 is 4.74 Å². The fourth-order valence-corrected chi connectivity index (χ4v) is 3.49. The molecule has 4 atom stereocenters. The van der Waals surface area contributed by atoms with Crippen LogP contribution in [0.25, 0.3) is 0 Å². The van der Waals surface area contributed by atoms with Gasteiger partial charge >= 0.3 is 0 Å². The molecule has 0 aromatic rings. The van der Waals surface area contributed by atoms with Gasteiger partial charge in [-0.3, -0.25) is 0 Å². The zero-order valence-electron chi connectivity index (χ0n) is 10.0. The normalized spacial score (nSPS) is 42.9. The molecule has 1 nitrogen and oxygen atoms in total.